The van der Waals surface area contributed by atoms with Gasteiger partial charge in [-0.3, -0.25) is 0 Å². The molecule has 0 spiro atoms. The largest absolute Gasteiger partial charge is 0.484 e. The maximum absolute atomic E-state index is 12.1. The van der Waals surface area contributed by atoms with Gasteiger partial charge < -0.3 is 9.84 Å². The van der Waals surface area contributed by atoms with E-state index in [0.717, 1.165) is 19.0 Å². The second kappa shape index (κ2) is 4.47. The van der Waals surface area contributed by atoms with Gasteiger partial charge in [0.05, 0.1) is 0 Å². The summed E-state index contributed by atoms with van der Waals surface area (Å²) in [6.45, 7) is -1.43. The predicted octanol–water partition coefficient (Wildman–Crippen LogP) is 2.60. The normalized spacial score (nSPS) is 15.5. The van der Waals surface area contributed by atoms with Gasteiger partial charge in [-0.05, 0) is 24.8 Å². The van der Waals surface area contributed by atoms with Gasteiger partial charge in [-0.15, -0.1) is 0 Å². The summed E-state index contributed by atoms with van der Waals surface area (Å²) in [6.07, 6.45) is -1.82. The monoisotopic (exact) mass is 261 g/mol. The fraction of sp³-hybridized carbons (Fsp3) is 0.455. The van der Waals surface area contributed by atoms with Crippen LogP contribution in [-0.4, -0.2) is 28.8 Å². The van der Waals surface area contributed by atoms with E-state index in [-0.39, 0.29) is 22.9 Å². The molecule has 0 amide bonds. The van der Waals surface area contributed by atoms with E-state index in [1.54, 1.807) is 0 Å². The molecule has 1 aromatic rings. The van der Waals surface area contributed by atoms with Crippen LogP contribution in [0.2, 0.25) is 0 Å². The van der Waals surface area contributed by atoms with Crippen molar-refractivity contribution in [2.75, 3.05) is 6.61 Å². The van der Waals surface area contributed by atoms with E-state index in [1.165, 1.54) is 6.07 Å². The van der Waals surface area contributed by atoms with E-state index in [4.69, 9.17) is 5.11 Å². The molecule has 98 valence electrons. The smallest absolute Gasteiger partial charge is 0.422 e. The Labute approximate surface area is 100 Å². The molecule has 1 aliphatic rings. The van der Waals surface area contributed by atoms with Gasteiger partial charge in [-0.25, -0.2) is 9.78 Å². The molecule has 1 heterocycles. The SMILES string of the molecule is O=C(O)c1nccc(OCC(F)(F)F)c1C1CC1. The zero-order valence-corrected chi connectivity index (χ0v) is 9.20. The van der Waals surface area contributed by atoms with Gasteiger partial charge in [0.2, 0.25) is 0 Å². The molecule has 1 aliphatic carbocycles. The number of hydrogen-bond donors (Lipinski definition) is 1. The Bertz CT molecular complexity index is 469. The molecule has 0 aromatic carbocycles. The molecule has 0 aliphatic heterocycles. The van der Waals surface area contributed by atoms with Crippen LogP contribution in [-0.2, 0) is 0 Å². The van der Waals surface area contributed by atoms with Crippen LogP contribution in [0, 0.1) is 0 Å². The minimum atomic E-state index is -4.45. The van der Waals surface area contributed by atoms with Crippen molar-refractivity contribution in [1.82, 2.24) is 4.98 Å². The number of carbonyl (C=O) groups is 1. The zero-order valence-electron chi connectivity index (χ0n) is 9.20. The van der Waals surface area contributed by atoms with Gasteiger partial charge >= 0.3 is 12.1 Å². The fourth-order valence-electron chi connectivity index (χ4n) is 1.68. The molecule has 1 saturated carbocycles. The van der Waals surface area contributed by atoms with Gasteiger partial charge in [0.25, 0.3) is 0 Å². The van der Waals surface area contributed by atoms with Crippen molar-refractivity contribution in [2.24, 2.45) is 0 Å². The first-order chi connectivity index (χ1) is 8.38. The number of pyridine rings is 1. The second-order valence-electron chi connectivity index (χ2n) is 4.05. The molecule has 0 bridgehead atoms. The van der Waals surface area contributed by atoms with E-state index in [0.29, 0.717) is 0 Å². The highest BCUT2D eigenvalue weighted by Crippen LogP contribution is 2.45. The molecule has 0 radical (unpaired) electrons. The van der Waals surface area contributed by atoms with E-state index in [2.05, 4.69) is 9.72 Å². The van der Waals surface area contributed by atoms with Crippen molar-refractivity contribution < 1.29 is 27.8 Å². The fourth-order valence-corrected chi connectivity index (χ4v) is 1.68. The topological polar surface area (TPSA) is 59.4 Å². The Morgan fingerprint density at radius 1 is 1.50 bits per heavy atom. The van der Waals surface area contributed by atoms with Crippen LogP contribution in [0.15, 0.2) is 12.3 Å². The molecule has 1 fully saturated rings. The number of carboxylic acids is 1. The summed E-state index contributed by atoms with van der Waals surface area (Å²) in [5.41, 5.74) is 0.0476. The average molecular weight is 261 g/mol. The highest BCUT2D eigenvalue weighted by atomic mass is 19.4. The zero-order chi connectivity index (χ0) is 13.3. The average Bonchev–Trinajstić information content (AvgIpc) is 3.08. The third-order valence-corrected chi connectivity index (χ3v) is 2.53. The number of aromatic carboxylic acids is 1. The summed E-state index contributed by atoms with van der Waals surface area (Å²) >= 11 is 0. The van der Waals surface area contributed by atoms with Gasteiger partial charge in [0.15, 0.2) is 12.3 Å². The van der Waals surface area contributed by atoms with E-state index in [9.17, 15) is 18.0 Å². The Morgan fingerprint density at radius 3 is 2.67 bits per heavy atom. The Morgan fingerprint density at radius 2 is 2.17 bits per heavy atom. The van der Waals surface area contributed by atoms with E-state index >= 15 is 0 Å². The molecular weight excluding hydrogens is 251 g/mol. The Hall–Kier alpha value is -1.79. The molecular formula is C11H10F3NO3. The van der Waals surface area contributed by atoms with Crippen LogP contribution < -0.4 is 4.74 Å². The maximum Gasteiger partial charge on any atom is 0.422 e. The highest BCUT2D eigenvalue weighted by molar-refractivity contribution is 5.88. The first-order valence-corrected chi connectivity index (χ1v) is 5.30. The molecule has 0 unspecified atom stereocenters. The minimum absolute atomic E-state index is 0.0396. The Kier molecular flexibility index (Phi) is 3.14. The van der Waals surface area contributed by atoms with Crippen molar-refractivity contribution in [2.45, 2.75) is 24.9 Å². The van der Waals surface area contributed by atoms with Crippen molar-refractivity contribution in [3.63, 3.8) is 0 Å². The van der Waals surface area contributed by atoms with Crippen LogP contribution in [0.4, 0.5) is 13.2 Å². The molecule has 1 aromatic heterocycles. The standard InChI is InChI=1S/C11H10F3NO3/c12-11(13,14)5-18-7-3-4-15-9(10(16)17)8(7)6-1-2-6/h3-4,6H,1-2,5H2,(H,16,17). The Balaban J connectivity index is 2.29. The number of aromatic nitrogens is 1. The molecule has 0 atom stereocenters. The lowest BCUT2D eigenvalue weighted by molar-refractivity contribution is -0.153. The molecule has 18 heavy (non-hydrogen) atoms. The lowest BCUT2D eigenvalue weighted by Gasteiger charge is -2.13. The van der Waals surface area contributed by atoms with Crippen LogP contribution in [0.3, 0.4) is 0 Å². The first-order valence-electron chi connectivity index (χ1n) is 5.30. The summed E-state index contributed by atoms with van der Waals surface area (Å²) in [7, 11) is 0. The summed E-state index contributed by atoms with van der Waals surface area (Å²) in [5, 5.41) is 8.95. The lowest BCUT2D eigenvalue weighted by Crippen LogP contribution is -2.20. The van der Waals surface area contributed by atoms with Crippen LogP contribution in [0.5, 0.6) is 5.75 Å². The second-order valence-corrected chi connectivity index (χ2v) is 4.05. The van der Waals surface area contributed by atoms with E-state index in [1.807, 2.05) is 0 Å². The van der Waals surface area contributed by atoms with Crippen molar-refractivity contribution >= 4 is 5.97 Å². The minimum Gasteiger partial charge on any atom is -0.484 e. The van der Waals surface area contributed by atoms with Crippen LogP contribution >= 0.6 is 0 Å². The van der Waals surface area contributed by atoms with Crippen LogP contribution in [0.25, 0.3) is 0 Å². The third-order valence-electron chi connectivity index (χ3n) is 2.53. The van der Waals surface area contributed by atoms with Gasteiger partial charge in [0, 0.05) is 11.8 Å². The predicted molar refractivity (Wildman–Crippen MR) is 54.7 cm³/mol. The van der Waals surface area contributed by atoms with Crippen molar-refractivity contribution in [1.29, 1.82) is 0 Å². The molecule has 0 saturated heterocycles. The third kappa shape index (κ3) is 2.91. The number of carboxylic acid groups (broad SMARTS) is 1. The summed E-state index contributed by atoms with van der Waals surface area (Å²) in [4.78, 5) is 14.7. The number of rotatable bonds is 4. The van der Waals surface area contributed by atoms with Gasteiger partial charge in [-0.2, -0.15) is 13.2 Å². The maximum atomic E-state index is 12.1. The summed E-state index contributed by atoms with van der Waals surface area (Å²) in [5.74, 6) is -1.36. The number of hydrogen-bond acceptors (Lipinski definition) is 3. The number of alkyl halides is 3. The number of nitrogens with zero attached hydrogens (tertiary/aromatic N) is 1. The number of ether oxygens (including phenoxy) is 1. The lowest BCUT2D eigenvalue weighted by atomic mass is 10.1. The van der Waals surface area contributed by atoms with Crippen molar-refractivity contribution in [3.8, 4) is 5.75 Å². The quantitative estimate of drug-likeness (QED) is 0.905. The van der Waals surface area contributed by atoms with Crippen LogP contribution in [0.1, 0.15) is 34.8 Å². The summed E-state index contributed by atoms with van der Waals surface area (Å²) in [6, 6.07) is 1.27. The first kappa shape index (κ1) is 12.7. The van der Waals surface area contributed by atoms with E-state index < -0.39 is 18.8 Å². The molecule has 2 rings (SSSR count). The summed E-state index contributed by atoms with van der Waals surface area (Å²) < 4.78 is 40.9. The number of halogens is 3. The molecule has 1 N–H and O–H groups in total. The molecule has 7 heteroatoms. The molecule has 4 nitrogen and oxygen atoms in total. The van der Waals surface area contributed by atoms with Gasteiger partial charge in [-0.1, -0.05) is 0 Å². The van der Waals surface area contributed by atoms with Gasteiger partial charge in [0.1, 0.15) is 5.75 Å². The highest BCUT2D eigenvalue weighted by Gasteiger charge is 2.34. The van der Waals surface area contributed by atoms with Crippen molar-refractivity contribution in [3.05, 3.63) is 23.5 Å².